The van der Waals surface area contributed by atoms with Crippen molar-refractivity contribution in [2.75, 3.05) is 26.4 Å². The quantitative estimate of drug-likeness (QED) is 0.791. The van der Waals surface area contributed by atoms with E-state index in [0.717, 1.165) is 42.0 Å². The summed E-state index contributed by atoms with van der Waals surface area (Å²) in [4.78, 5) is 18.5. The number of benzene rings is 1. The normalized spacial score (nSPS) is 17.0. The Hall–Kier alpha value is -1.00. The molecule has 2 rings (SSSR count). The van der Waals surface area contributed by atoms with Crippen LogP contribution >= 0.6 is 11.8 Å². The lowest BCUT2D eigenvalue weighted by Crippen LogP contribution is -2.47. The highest BCUT2D eigenvalue weighted by atomic mass is 32.2. The third-order valence-corrected chi connectivity index (χ3v) is 5.50. The van der Waals surface area contributed by atoms with Gasteiger partial charge < -0.3 is 9.80 Å². The van der Waals surface area contributed by atoms with E-state index in [2.05, 4.69) is 24.8 Å². The van der Waals surface area contributed by atoms with E-state index in [1.54, 1.807) is 11.8 Å². The fourth-order valence-corrected chi connectivity index (χ4v) is 3.54. The highest BCUT2D eigenvalue weighted by molar-refractivity contribution is 7.98. The molecular weight excluding hydrogens is 292 g/mol. The van der Waals surface area contributed by atoms with Crippen LogP contribution < -0.4 is 0 Å². The second-order valence-corrected chi connectivity index (χ2v) is 7.34. The SMILES string of the molecule is CSc1ccc(C)c(C(=O)N(C)C2CCN(C(C)C)CC2)c1. The van der Waals surface area contributed by atoms with Crippen molar-refractivity contribution >= 4 is 17.7 Å². The van der Waals surface area contributed by atoms with Gasteiger partial charge in [0.2, 0.25) is 0 Å². The molecule has 0 atom stereocenters. The maximum absolute atomic E-state index is 12.9. The fraction of sp³-hybridized carbons (Fsp3) is 0.611. The van der Waals surface area contributed by atoms with Crippen LogP contribution in [0.15, 0.2) is 23.1 Å². The minimum Gasteiger partial charge on any atom is -0.339 e. The molecule has 1 aliphatic heterocycles. The Morgan fingerprint density at radius 1 is 1.32 bits per heavy atom. The van der Waals surface area contributed by atoms with Gasteiger partial charge in [0.25, 0.3) is 5.91 Å². The van der Waals surface area contributed by atoms with Crippen LogP contribution in [0.1, 0.15) is 42.6 Å². The lowest BCUT2D eigenvalue weighted by molar-refractivity contribution is 0.0614. The molecule has 1 saturated heterocycles. The van der Waals surface area contributed by atoms with Crippen LogP contribution in [0.4, 0.5) is 0 Å². The van der Waals surface area contributed by atoms with Gasteiger partial charge in [0.15, 0.2) is 0 Å². The summed E-state index contributed by atoms with van der Waals surface area (Å²) in [6, 6.07) is 7.12. The van der Waals surface area contributed by atoms with E-state index in [1.807, 2.05) is 37.3 Å². The van der Waals surface area contributed by atoms with Crippen LogP contribution in [0, 0.1) is 6.92 Å². The van der Waals surface area contributed by atoms with Crippen LogP contribution in [0.25, 0.3) is 0 Å². The maximum atomic E-state index is 12.9. The molecule has 1 fully saturated rings. The van der Waals surface area contributed by atoms with Crippen LogP contribution in [-0.4, -0.2) is 54.2 Å². The molecule has 0 spiro atoms. The highest BCUT2D eigenvalue weighted by Gasteiger charge is 2.27. The summed E-state index contributed by atoms with van der Waals surface area (Å²) in [6.07, 6.45) is 4.19. The predicted octanol–water partition coefficient (Wildman–Crippen LogP) is 3.66. The van der Waals surface area contributed by atoms with Crippen molar-refractivity contribution in [2.45, 2.75) is 50.6 Å². The van der Waals surface area contributed by atoms with Gasteiger partial charge in [-0.3, -0.25) is 4.79 Å². The Balaban J connectivity index is 2.07. The third kappa shape index (κ3) is 3.85. The molecule has 1 heterocycles. The Labute approximate surface area is 139 Å². The van der Waals surface area contributed by atoms with E-state index in [9.17, 15) is 4.79 Å². The number of rotatable bonds is 4. The number of amides is 1. The van der Waals surface area contributed by atoms with E-state index < -0.39 is 0 Å². The summed E-state index contributed by atoms with van der Waals surface area (Å²) in [6.45, 7) is 8.68. The zero-order chi connectivity index (χ0) is 16.3. The molecule has 0 aliphatic carbocycles. The molecule has 4 heteroatoms. The van der Waals surface area contributed by atoms with Crippen LogP contribution in [0.3, 0.4) is 0 Å². The number of hydrogen-bond acceptors (Lipinski definition) is 3. The summed E-state index contributed by atoms with van der Waals surface area (Å²) < 4.78 is 0. The Bertz CT molecular complexity index is 522. The summed E-state index contributed by atoms with van der Waals surface area (Å²) in [7, 11) is 1.96. The Kier molecular flexibility index (Phi) is 5.93. The molecule has 1 aromatic carbocycles. The standard InChI is InChI=1S/C18H28N2OS/c1-13(2)20-10-8-15(9-11-20)19(4)18(21)17-12-16(22-5)7-6-14(17)3/h6-7,12-13,15H,8-11H2,1-5H3. The van der Waals surface area contributed by atoms with Crippen LogP contribution in [0.5, 0.6) is 0 Å². The van der Waals surface area contributed by atoms with Crippen LogP contribution in [0.2, 0.25) is 0 Å². The molecular formula is C18H28N2OS. The van der Waals surface area contributed by atoms with Crippen molar-refractivity contribution in [2.24, 2.45) is 0 Å². The second-order valence-electron chi connectivity index (χ2n) is 6.46. The molecule has 0 aromatic heterocycles. The van der Waals surface area contributed by atoms with E-state index in [0.29, 0.717) is 12.1 Å². The predicted molar refractivity (Wildman–Crippen MR) is 94.8 cm³/mol. The van der Waals surface area contributed by atoms with Gasteiger partial charge >= 0.3 is 0 Å². The first kappa shape index (κ1) is 17.4. The number of carbonyl (C=O) groups is 1. The molecule has 1 aromatic rings. The molecule has 1 amide bonds. The molecule has 0 saturated carbocycles. The van der Waals surface area contributed by atoms with Gasteiger partial charge in [-0.15, -0.1) is 11.8 Å². The zero-order valence-corrected chi connectivity index (χ0v) is 15.2. The molecule has 1 aliphatic rings. The van der Waals surface area contributed by atoms with Crippen molar-refractivity contribution < 1.29 is 4.79 Å². The first-order chi connectivity index (χ1) is 10.4. The van der Waals surface area contributed by atoms with E-state index in [4.69, 9.17) is 0 Å². The van der Waals surface area contributed by atoms with E-state index in [-0.39, 0.29) is 5.91 Å². The maximum Gasteiger partial charge on any atom is 0.254 e. The number of nitrogens with zero attached hydrogens (tertiary/aromatic N) is 2. The molecule has 0 radical (unpaired) electrons. The van der Waals surface area contributed by atoms with Gasteiger partial charge in [-0.25, -0.2) is 0 Å². The first-order valence-corrected chi connectivity index (χ1v) is 9.32. The summed E-state index contributed by atoms with van der Waals surface area (Å²) in [5, 5.41) is 0. The number of thioether (sulfide) groups is 1. The van der Waals surface area contributed by atoms with Crippen molar-refractivity contribution in [3.8, 4) is 0 Å². The molecule has 22 heavy (non-hydrogen) atoms. The zero-order valence-electron chi connectivity index (χ0n) is 14.4. The number of aryl methyl sites for hydroxylation is 1. The Morgan fingerprint density at radius 3 is 2.50 bits per heavy atom. The minimum absolute atomic E-state index is 0.163. The number of likely N-dealkylation sites (tertiary alicyclic amines) is 1. The lowest BCUT2D eigenvalue weighted by Gasteiger charge is -2.38. The molecule has 0 bridgehead atoms. The van der Waals surface area contributed by atoms with Gasteiger partial charge in [-0.05, 0) is 57.6 Å². The average Bonchev–Trinajstić information content (AvgIpc) is 2.54. The van der Waals surface area contributed by atoms with Crippen molar-refractivity contribution in [3.05, 3.63) is 29.3 Å². The van der Waals surface area contributed by atoms with E-state index in [1.165, 1.54) is 0 Å². The summed E-state index contributed by atoms with van der Waals surface area (Å²) in [5.74, 6) is 0.163. The topological polar surface area (TPSA) is 23.6 Å². The van der Waals surface area contributed by atoms with E-state index >= 15 is 0 Å². The van der Waals surface area contributed by atoms with Gasteiger partial charge in [-0.2, -0.15) is 0 Å². The monoisotopic (exact) mass is 320 g/mol. The lowest BCUT2D eigenvalue weighted by atomic mass is 10.0. The summed E-state index contributed by atoms with van der Waals surface area (Å²) in [5.41, 5.74) is 1.91. The van der Waals surface area contributed by atoms with Gasteiger partial charge in [0.1, 0.15) is 0 Å². The van der Waals surface area contributed by atoms with Gasteiger partial charge in [0, 0.05) is 42.7 Å². The molecule has 3 nitrogen and oxygen atoms in total. The van der Waals surface area contributed by atoms with Gasteiger partial charge in [-0.1, -0.05) is 6.07 Å². The highest BCUT2D eigenvalue weighted by Crippen LogP contribution is 2.23. The largest absolute Gasteiger partial charge is 0.339 e. The van der Waals surface area contributed by atoms with Crippen LogP contribution in [-0.2, 0) is 0 Å². The molecule has 0 unspecified atom stereocenters. The Morgan fingerprint density at radius 2 is 1.95 bits per heavy atom. The van der Waals surface area contributed by atoms with Gasteiger partial charge in [0.05, 0.1) is 0 Å². The number of carbonyl (C=O) groups excluding carboxylic acids is 1. The van der Waals surface area contributed by atoms with Crippen molar-refractivity contribution in [1.29, 1.82) is 0 Å². The van der Waals surface area contributed by atoms with Crippen molar-refractivity contribution in [3.63, 3.8) is 0 Å². The molecule has 0 N–H and O–H groups in total. The number of hydrogen-bond donors (Lipinski definition) is 0. The summed E-state index contributed by atoms with van der Waals surface area (Å²) >= 11 is 1.68. The first-order valence-electron chi connectivity index (χ1n) is 8.10. The third-order valence-electron chi connectivity index (χ3n) is 4.77. The fourth-order valence-electron chi connectivity index (χ4n) is 3.10. The second kappa shape index (κ2) is 7.51. The average molecular weight is 321 g/mol. The molecule has 122 valence electrons. The smallest absolute Gasteiger partial charge is 0.254 e. The minimum atomic E-state index is 0.163. The number of piperidine rings is 1. The van der Waals surface area contributed by atoms with Crippen molar-refractivity contribution in [1.82, 2.24) is 9.80 Å².